The van der Waals surface area contributed by atoms with Crippen molar-refractivity contribution in [3.05, 3.63) is 39.4 Å². The molecule has 1 aliphatic rings. The number of carbonyl (C=O) groups excluding carboxylic acids is 2. The van der Waals surface area contributed by atoms with E-state index < -0.39 is 5.97 Å². The molecule has 1 saturated heterocycles. The predicted octanol–water partition coefficient (Wildman–Crippen LogP) is 3.23. The maximum Gasteiger partial charge on any atom is 0.341 e. The first-order chi connectivity index (χ1) is 12.0. The molecule has 0 atom stereocenters. The summed E-state index contributed by atoms with van der Waals surface area (Å²) in [5, 5.41) is 0.773. The monoisotopic (exact) mass is 385 g/mol. The third kappa shape index (κ3) is 6.12. The average molecular weight is 386 g/mol. The Morgan fingerprint density at radius 1 is 1.24 bits per heavy atom. The number of benzene rings is 1. The molecule has 0 spiro atoms. The molecule has 0 amide bonds. The Labute approximate surface area is 157 Å². The second kappa shape index (κ2) is 9.92. The predicted molar refractivity (Wildman–Crippen MR) is 98.0 cm³/mol. The van der Waals surface area contributed by atoms with Crippen molar-refractivity contribution in [3.63, 3.8) is 0 Å². The molecule has 7 heteroatoms. The van der Waals surface area contributed by atoms with Gasteiger partial charge in [0.25, 0.3) is 0 Å². The van der Waals surface area contributed by atoms with Crippen molar-refractivity contribution in [1.82, 2.24) is 4.90 Å². The van der Waals surface area contributed by atoms with Gasteiger partial charge in [-0.15, -0.1) is 0 Å². The summed E-state index contributed by atoms with van der Waals surface area (Å²) in [5.41, 5.74) is 0.644. The molecule has 0 aromatic heterocycles. The Kier molecular flexibility index (Phi) is 7.90. The molecule has 0 unspecified atom stereocenters. The molecule has 5 nitrogen and oxygen atoms in total. The van der Waals surface area contributed by atoms with Crippen molar-refractivity contribution >= 4 is 41.0 Å². The van der Waals surface area contributed by atoms with Gasteiger partial charge in [-0.2, -0.15) is 0 Å². The van der Waals surface area contributed by atoms with E-state index in [1.165, 1.54) is 6.08 Å². The minimum Gasteiger partial charge on any atom is -0.462 e. The number of halogens is 2. The lowest BCUT2D eigenvalue weighted by molar-refractivity contribution is -0.139. The quantitative estimate of drug-likeness (QED) is 0.312. The van der Waals surface area contributed by atoms with Gasteiger partial charge >= 0.3 is 5.97 Å². The molecule has 1 fully saturated rings. The number of hydrogen-bond acceptors (Lipinski definition) is 5. The summed E-state index contributed by atoms with van der Waals surface area (Å²) in [4.78, 5) is 26.9. The van der Waals surface area contributed by atoms with Crippen LogP contribution in [0.25, 0.3) is 6.08 Å². The standard InChI is InChI=1S/C18H21Cl2NO4/c1-2-25-18(23)14(11-13-3-4-15(19)16(20)12-13)17(22)5-6-21-7-9-24-10-8-21/h3-4,11-12H,2,5-10H2,1H3/b14-11-. The highest BCUT2D eigenvalue weighted by molar-refractivity contribution is 6.42. The summed E-state index contributed by atoms with van der Waals surface area (Å²) in [7, 11) is 0. The molecule has 1 aromatic carbocycles. The number of morpholine rings is 1. The van der Waals surface area contributed by atoms with Gasteiger partial charge in [-0.25, -0.2) is 4.79 Å². The number of nitrogens with zero attached hydrogens (tertiary/aromatic N) is 1. The van der Waals surface area contributed by atoms with Crippen LogP contribution >= 0.6 is 23.2 Å². The van der Waals surface area contributed by atoms with E-state index in [0.717, 1.165) is 13.1 Å². The molecule has 0 saturated carbocycles. The van der Waals surface area contributed by atoms with Crippen molar-refractivity contribution in [2.45, 2.75) is 13.3 Å². The number of ketones is 1. The summed E-state index contributed by atoms with van der Waals surface area (Å²) >= 11 is 11.9. The molecule has 1 aromatic rings. The van der Waals surface area contributed by atoms with Gasteiger partial charge in [0.2, 0.25) is 0 Å². The third-order valence-corrected chi connectivity index (χ3v) is 4.55. The Morgan fingerprint density at radius 3 is 2.60 bits per heavy atom. The van der Waals surface area contributed by atoms with Crippen LogP contribution in [-0.4, -0.2) is 56.1 Å². The first kappa shape index (κ1) is 19.9. The van der Waals surface area contributed by atoms with Crippen LogP contribution in [0, 0.1) is 0 Å². The van der Waals surface area contributed by atoms with E-state index in [4.69, 9.17) is 32.7 Å². The van der Waals surface area contributed by atoms with E-state index >= 15 is 0 Å². The van der Waals surface area contributed by atoms with Crippen LogP contribution in [0.15, 0.2) is 23.8 Å². The summed E-state index contributed by atoms with van der Waals surface area (Å²) in [6.07, 6.45) is 1.74. The average Bonchev–Trinajstić information content (AvgIpc) is 2.61. The van der Waals surface area contributed by atoms with Gasteiger partial charge < -0.3 is 9.47 Å². The zero-order chi connectivity index (χ0) is 18.2. The highest BCUT2D eigenvalue weighted by atomic mass is 35.5. The molecule has 136 valence electrons. The second-order valence-corrected chi connectivity index (χ2v) is 6.39. The zero-order valence-corrected chi connectivity index (χ0v) is 15.6. The fraction of sp³-hybridized carbons (Fsp3) is 0.444. The molecule has 1 aliphatic heterocycles. The lowest BCUT2D eigenvalue weighted by atomic mass is 10.0. The van der Waals surface area contributed by atoms with Gasteiger partial charge in [0, 0.05) is 26.1 Å². The zero-order valence-electron chi connectivity index (χ0n) is 14.1. The van der Waals surface area contributed by atoms with Crippen LogP contribution in [-0.2, 0) is 19.1 Å². The van der Waals surface area contributed by atoms with E-state index in [1.54, 1.807) is 25.1 Å². The summed E-state index contributed by atoms with van der Waals surface area (Å²) < 4.78 is 10.3. The SMILES string of the molecule is CCOC(=O)/C(=C\c1ccc(Cl)c(Cl)c1)C(=O)CCN1CCOCC1. The summed E-state index contributed by atoms with van der Waals surface area (Å²) in [6, 6.07) is 4.93. The minimum absolute atomic E-state index is 0.0218. The molecule has 2 rings (SSSR count). The molecule has 25 heavy (non-hydrogen) atoms. The number of carbonyl (C=O) groups is 2. The summed E-state index contributed by atoms with van der Waals surface area (Å²) in [5.74, 6) is -0.878. The van der Waals surface area contributed by atoms with E-state index in [-0.39, 0.29) is 24.4 Å². The lowest BCUT2D eigenvalue weighted by Gasteiger charge is -2.26. The van der Waals surface area contributed by atoms with Crippen LogP contribution in [0.1, 0.15) is 18.9 Å². The molecular formula is C18H21Cl2NO4. The molecule has 1 heterocycles. The number of ether oxygens (including phenoxy) is 2. The number of Topliss-reactive ketones (excluding diaryl/α,β-unsaturated/α-hetero) is 1. The smallest absolute Gasteiger partial charge is 0.341 e. The van der Waals surface area contributed by atoms with Gasteiger partial charge in [-0.05, 0) is 30.7 Å². The fourth-order valence-electron chi connectivity index (χ4n) is 2.45. The van der Waals surface area contributed by atoms with Crippen LogP contribution in [0.5, 0.6) is 0 Å². The largest absolute Gasteiger partial charge is 0.462 e. The van der Waals surface area contributed by atoms with E-state index in [9.17, 15) is 9.59 Å². The van der Waals surface area contributed by atoms with Crippen LogP contribution < -0.4 is 0 Å². The molecular weight excluding hydrogens is 365 g/mol. The normalized spacial score (nSPS) is 15.9. The number of esters is 1. The molecule has 0 N–H and O–H groups in total. The van der Waals surface area contributed by atoms with Crippen molar-refractivity contribution < 1.29 is 19.1 Å². The Balaban J connectivity index is 2.13. The second-order valence-electron chi connectivity index (χ2n) is 5.58. The van der Waals surface area contributed by atoms with Crippen LogP contribution in [0.2, 0.25) is 10.0 Å². The molecule has 0 aliphatic carbocycles. The van der Waals surface area contributed by atoms with Crippen molar-refractivity contribution in [2.24, 2.45) is 0 Å². The summed E-state index contributed by atoms with van der Waals surface area (Å²) in [6.45, 7) is 5.40. The van der Waals surface area contributed by atoms with E-state index in [1.807, 2.05) is 0 Å². The highest BCUT2D eigenvalue weighted by Crippen LogP contribution is 2.24. The molecule has 0 radical (unpaired) electrons. The van der Waals surface area contributed by atoms with Gasteiger partial charge in [0.15, 0.2) is 5.78 Å². The van der Waals surface area contributed by atoms with Crippen molar-refractivity contribution in [2.75, 3.05) is 39.5 Å². The first-order valence-corrected chi connectivity index (χ1v) is 8.94. The number of hydrogen-bond donors (Lipinski definition) is 0. The van der Waals surface area contributed by atoms with Crippen molar-refractivity contribution in [3.8, 4) is 0 Å². The molecule has 0 bridgehead atoms. The third-order valence-electron chi connectivity index (χ3n) is 3.81. The lowest BCUT2D eigenvalue weighted by Crippen LogP contribution is -2.37. The Bertz CT molecular complexity index is 654. The maximum absolute atomic E-state index is 12.6. The van der Waals surface area contributed by atoms with Gasteiger partial charge in [0.05, 0.1) is 29.9 Å². The topological polar surface area (TPSA) is 55.8 Å². The number of rotatable bonds is 7. The van der Waals surface area contributed by atoms with Crippen molar-refractivity contribution in [1.29, 1.82) is 0 Å². The Morgan fingerprint density at radius 2 is 1.96 bits per heavy atom. The van der Waals surface area contributed by atoms with E-state index in [0.29, 0.717) is 35.4 Å². The van der Waals surface area contributed by atoms with Gasteiger partial charge in [-0.3, -0.25) is 9.69 Å². The van der Waals surface area contributed by atoms with E-state index in [2.05, 4.69) is 4.90 Å². The fourth-order valence-corrected chi connectivity index (χ4v) is 2.76. The van der Waals surface area contributed by atoms with Crippen LogP contribution in [0.4, 0.5) is 0 Å². The van der Waals surface area contributed by atoms with Gasteiger partial charge in [-0.1, -0.05) is 29.3 Å². The minimum atomic E-state index is -0.624. The highest BCUT2D eigenvalue weighted by Gasteiger charge is 2.21. The Hall–Kier alpha value is -1.40. The van der Waals surface area contributed by atoms with Gasteiger partial charge in [0.1, 0.15) is 5.57 Å². The maximum atomic E-state index is 12.6. The van der Waals surface area contributed by atoms with Crippen LogP contribution in [0.3, 0.4) is 0 Å². The first-order valence-electron chi connectivity index (χ1n) is 8.18.